The standard InChI is InChI=1S/C5H2Br3F7/c6-1-2(7,8)3(9,10)4(11,12)5(13,14)15/h1H2. The van der Waals surface area contributed by atoms with E-state index in [0.717, 1.165) is 0 Å². The number of alkyl halides is 10. The molecule has 0 aromatic heterocycles. The SMILES string of the molecule is FC(F)(F)C(F)(F)C(F)(F)C(Br)(Br)CBr. The van der Waals surface area contributed by atoms with Gasteiger partial charge in [0.25, 0.3) is 0 Å². The zero-order chi connectivity index (χ0) is 12.7. The Morgan fingerprint density at radius 2 is 1.07 bits per heavy atom. The highest BCUT2D eigenvalue weighted by Gasteiger charge is 2.78. The van der Waals surface area contributed by atoms with Crippen LogP contribution < -0.4 is 0 Å². The van der Waals surface area contributed by atoms with Crippen LogP contribution in [0.4, 0.5) is 30.7 Å². The second-order valence-electron chi connectivity index (χ2n) is 2.48. The fourth-order valence-electron chi connectivity index (χ4n) is 0.492. The first-order chi connectivity index (χ1) is 6.31. The van der Waals surface area contributed by atoms with E-state index < -0.39 is 26.6 Å². The van der Waals surface area contributed by atoms with Gasteiger partial charge in [-0.3, -0.25) is 0 Å². The number of hydrogen-bond donors (Lipinski definition) is 0. The molecule has 0 saturated heterocycles. The van der Waals surface area contributed by atoms with Crippen LogP contribution in [-0.4, -0.2) is 26.6 Å². The predicted octanol–water partition coefficient (Wildman–Crippen LogP) is 4.70. The van der Waals surface area contributed by atoms with E-state index in [1.807, 2.05) is 0 Å². The summed E-state index contributed by atoms with van der Waals surface area (Å²) in [6, 6.07) is 0. The maximum absolute atomic E-state index is 12.9. The molecular formula is C5H2Br3F7. The lowest BCUT2D eigenvalue weighted by Gasteiger charge is -2.35. The Hall–Kier alpha value is 0.950. The molecular weight excluding hydrogens is 433 g/mol. The van der Waals surface area contributed by atoms with E-state index in [9.17, 15) is 30.7 Å². The first-order valence-corrected chi connectivity index (χ1v) is 5.78. The Morgan fingerprint density at radius 3 is 1.27 bits per heavy atom. The van der Waals surface area contributed by atoms with E-state index in [1.165, 1.54) is 0 Å². The Bertz CT molecular complexity index is 233. The fraction of sp³-hybridized carbons (Fsp3) is 1.00. The van der Waals surface area contributed by atoms with Gasteiger partial charge >= 0.3 is 18.0 Å². The first-order valence-electron chi connectivity index (χ1n) is 3.07. The minimum absolute atomic E-state index is 0.849. The van der Waals surface area contributed by atoms with Crippen LogP contribution >= 0.6 is 47.8 Å². The average Bonchev–Trinajstić information content (AvgIpc) is 2.01. The molecule has 0 bridgehead atoms. The third-order valence-corrected chi connectivity index (χ3v) is 5.28. The van der Waals surface area contributed by atoms with Gasteiger partial charge in [0.15, 0.2) is 3.23 Å². The van der Waals surface area contributed by atoms with Crippen molar-refractivity contribution in [2.24, 2.45) is 0 Å². The highest BCUT2D eigenvalue weighted by Crippen LogP contribution is 2.56. The normalized spacial score (nSPS) is 15.6. The molecule has 0 atom stereocenters. The van der Waals surface area contributed by atoms with Gasteiger partial charge in [-0.15, -0.1) is 0 Å². The van der Waals surface area contributed by atoms with Gasteiger partial charge in [-0.1, -0.05) is 47.8 Å². The summed E-state index contributed by atoms with van der Waals surface area (Å²) in [6.45, 7) is 0. The molecule has 0 nitrogen and oxygen atoms in total. The fourth-order valence-corrected chi connectivity index (χ4v) is 1.34. The van der Waals surface area contributed by atoms with Crippen molar-refractivity contribution in [1.29, 1.82) is 0 Å². The van der Waals surface area contributed by atoms with Crippen molar-refractivity contribution in [3.8, 4) is 0 Å². The lowest BCUT2D eigenvalue weighted by Crippen LogP contribution is -2.60. The number of hydrogen-bond acceptors (Lipinski definition) is 0. The second kappa shape index (κ2) is 4.32. The van der Waals surface area contributed by atoms with Gasteiger partial charge in [-0.05, 0) is 0 Å². The summed E-state index contributed by atoms with van der Waals surface area (Å²) < 4.78 is 82.9. The van der Waals surface area contributed by atoms with E-state index in [2.05, 4.69) is 47.8 Å². The van der Waals surface area contributed by atoms with E-state index in [-0.39, 0.29) is 0 Å². The van der Waals surface area contributed by atoms with Crippen molar-refractivity contribution in [2.45, 2.75) is 21.3 Å². The molecule has 0 unspecified atom stereocenters. The minimum atomic E-state index is -6.33. The van der Waals surface area contributed by atoms with Crippen molar-refractivity contribution < 1.29 is 30.7 Å². The van der Waals surface area contributed by atoms with Crippen molar-refractivity contribution in [3.63, 3.8) is 0 Å². The molecule has 0 aliphatic heterocycles. The molecule has 0 aromatic carbocycles. The van der Waals surface area contributed by atoms with Crippen LogP contribution in [0.25, 0.3) is 0 Å². The Balaban J connectivity index is 5.38. The molecule has 0 amide bonds. The molecule has 0 fully saturated rings. The van der Waals surface area contributed by atoms with Gasteiger partial charge in [0.05, 0.1) is 0 Å². The molecule has 0 rings (SSSR count). The summed E-state index contributed by atoms with van der Waals surface area (Å²) in [5, 5.41) is -0.849. The topological polar surface area (TPSA) is 0 Å². The van der Waals surface area contributed by atoms with Gasteiger partial charge in [-0.2, -0.15) is 30.7 Å². The quantitative estimate of drug-likeness (QED) is 0.446. The van der Waals surface area contributed by atoms with Gasteiger partial charge in [-0.25, -0.2) is 0 Å². The molecule has 15 heavy (non-hydrogen) atoms. The molecule has 0 N–H and O–H groups in total. The van der Waals surface area contributed by atoms with Crippen molar-refractivity contribution in [3.05, 3.63) is 0 Å². The third-order valence-electron chi connectivity index (χ3n) is 1.38. The van der Waals surface area contributed by atoms with Crippen LogP contribution in [0.2, 0.25) is 0 Å². The van der Waals surface area contributed by atoms with Crippen molar-refractivity contribution in [1.82, 2.24) is 0 Å². The highest BCUT2D eigenvalue weighted by molar-refractivity contribution is 9.26. The summed E-state index contributed by atoms with van der Waals surface area (Å²) >= 11 is 6.53. The minimum Gasteiger partial charge on any atom is -0.197 e. The van der Waals surface area contributed by atoms with Crippen molar-refractivity contribution in [2.75, 3.05) is 5.33 Å². The largest absolute Gasteiger partial charge is 0.459 e. The number of halogens is 10. The van der Waals surface area contributed by atoms with E-state index in [4.69, 9.17) is 0 Å². The van der Waals surface area contributed by atoms with Gasteiger partial charge < -0.3 is 0 Å². The second-order valence-corrected chi connectivity index (χ2v) is 6.82. The summed E-state index contributed by atoms with van der Waals surface area (Å²) in [5.41, 5.74) is 0. The lowest BCUT2D eigenvalue weighted by atomic mass is 10.1. The molecule has 0 radical (unpaired) electrons. The maximum Gasteiger partial charge on any atom is 0.459 e. The van der Waals surface area contributed by atoms with Gasteiger partial charge in [0.2, 0.25) is 0 Å². The van der Waals surface area contributed by atoms with Crippen LogP contribution in [0.15, 0.2) is 0 Å². The van der Waals surface area contributed by atoms with Crippen LogP contribution in [0.3, 0.4) is 0 Å². The van der Waals surface area contributed by atoms with Crippen LogP contribution in [0, 0.1) is 0 Å². The van der Waals surface area contributed by atoms with Crippen LogP contribution in [0.1, 0.15) is 0 Å². The molecule has 0 saturated carbocycles. The van der Waals surface area contributed by atoms with E-state index in [1.54, 1.807) is 0 Å². The molecule has 0 aromatic rings. The monoisotopic (exact) mass is 432 g/mol. The Morgan fingerprint density at radius 1 is 0.733 bits per heavy atom. The Labute approximate surface area is 105 Å². The smallest absolute Gasteiger partial charge is 0.197 e. The molecule has 92 valence electrons. The third kappa shape index (κ3) is 2.62. The average molecular weight is 435 g/mol. The predicted molar refractivity (Wildman–Crippen MR) is 50.3 cm³/mol. The molecule has 0 aliphatic carbocycles. The molecule has 0 heterocycles. The maximum atomic E-state index is 12.9. The Kier molecular flexibility index (Phi) is 4.59. The molecule has 0 spiro atoms. The molecule has 10 heteroatoms. The van der Waals surface area contributed by atoms with E-state index in [0.29, 0.717) is 0 Å². The molecule has 0 aliphatic rings. The highest BCUT2D eigenvalue weighted by atomic mass is 79.9. The zero-order valence-electron chi connectivity index (χ0n) is 6.49. The van der Waals surface area contributed by atoms with Gasteiger partial charge in [0, 0.05) is 5.33 Å². The van der Waals surface area contributed by atoms with E-state index >= 15 is 0 Å². The summed E-state index contributed by atoms with van der Waals surface area (Å²) in [4.78, 5) is 0. The van der Waals surface area contributed by atoms with Crippen molar-refractivity contribution >= 4 is 47.8 Å². The first kappa shape index (κ1) is 16.0. The summed E-state index contributed by atoms with van der Waals surface area (Å²) in [6.07, 6.45) is -6.33. The van der Waals surface area contributed by atoms with Crippen LogP contribution in [0.5, 0.6) is 0 Å². The van der Waals surface area contributed by atoms with Gasteiger partial charge in [0.1, 0.15) is 0 Å². The summed E-state index contributed by atoms with van der Waals surface area (Å²) in [7, 11) is 0. The lowest BCUT2D eigenvalue weighted by molar-refractivity contribution is -0.354. The summed E-state index contributed by atoms with van der Waals surface area (Å²) in [5.74, 6) is -11.5. The zero-order valence-corrected chi connectivity index (χ0v) is 11.2. The number of rotatable bonds is 3. The van der Waals surface area contributed by atoms with Crippen LogP contribution in [-0.2, 0) is 0 Å².